The van der Waals surface area contributed by atoms with E-state index in [1.807, 2.05) is 0 Å². The molecule has 0 spiro atoms. The zero-order chi connectivity index (χ0) is 0. The van der Waals surface area contributed by atoms with E-state index < -0.39 is 0 Å². The summed E-state index contributed by atoms with van der Waals surface area (Å²) in [6.45, 7) is 0. The molecule has 0 saturated heterocycles. The molecule has 0 aromatic rings. The Bertz CT molecular complexity index is 6.00. The van der Waals surface area contributed by atoms with Crippen molar-refractivity contribution in [2.24, 2.45) is 0 Å². The van der Waals surface area contributed by atoms with Gasteiger partial charge >= 0.3 is 124 Å². The molecule has 0 aromatic carbocycles. The number of rotatable bonds is 0. The van der Waals surface area contributed by atoms with Crippen molar-refractivity contribution in [2.75, 3.05) is 0 Å². The fraction of sp³-hybridized carbons (Fsp3) is 0. The molecule has 0 aliphatic heterocycles. The fourth-order valence-corrected chi connectivity index (χ4v) is 0. The average molecular weight is 256 g/mol. The van der Waals surface area contributed by atoms with E-state index in [9.17, 15) is 0 Å². The van der Waals surface area contributed by atoms with Crippen LogP contribution in [-0.2, 0) is 0 Å². The van der Waals surface area contributed by atoms with Crippen LogP contribution in [0, 0.1) is 0 Å². The van der Waals surface area contributed by atoms with Gasteiger partial charge in [0.2, 0.25) is 0 Å². The van der Waals surface area contributed by atoms with Gasteiger partial charge in [-0.1, -0.05) is 0 Å². The predicted octanol–water partition coefficient (Wildman–Crippen LogP) is -4.20. The first kappa shape index (κ1) is 23.9. The van der Waals surface area contributed by atoms with Crippen LogP contribution < -0.4 is 0 Å². The zero-order valence-corrected chi connectivity index (χ0v) is 0. The molecule has 0 saturated carbocycles. The third-order valence-corrected chi connectivity index (χ3v) is 0. The van der Waals surface area contributed by atoms with Gasteiger partial charge in [-0.15, -0.1) is 0 Å². The van der Waals surface area contributed by atoms with Gasteiger partial charge in [0.05, 0.1) is 0 Å². The minimum absolute atomic E-state index is 0. The molecule has 4 heteroatoms. The van der Waals surface area contributed by atoms with E-state index in [2.05, 4.69) is 0 Å². The van der Waals surface area contributed by atoms with E-state index in [-0.39, 0.29) is 135 Å². The van der Waals surface area contributed by atoms with Crippen molar-refractivity contribution in [2.45, 2.75) is 0 Å². The molecule has 0 rings (SSSR count). The molecule has 0 atom stereocenters. The molecule has 0 heterocycles. The summed E-state index contributed by atoms with van der Waals surface area (Å²) in [6, 6.07) is 0. The molecule has 0 aromatic heterocycles. The van der Waals surface area contributed by atoms with Gasteiger partial charge in [-0.25, -0.2) is 0 Å². The Morgan fingerprint density at radius 1 is 0.750 bits per heavy atom. The maximum Gasteiger partial charge on any atom is -0.0149 e. The minimum atomic E-state index is 0. The smallest absolute Gasteiger partial charge is 0.0149 e. The van der Waals surface area contributed by atoms with E-state index in [1.54, 1.807) is 0 Å². The largest absolute Gasteiger partial charge is 0.0149 e. The van der Waals surface area contributed by atoms with E-state index in [1.165, 1.54) is 0 Å². The van der Waals surface area contributed by atoms with Gasteiger partial charge in [-0.3, -0.25) is 0 Å². The maximum absolute atomic E-state index is 0. The van der Waals surface area contributed by atoms with Crippen LogP contribution in [0.4, 0.5) is 0 Å². The molecule has 0 amide bonds. The van der Waals surface area contributed by atoms with Crippen molar-refractivity contribution in [1.82, 2.24) is 0 Å². The van der Waals surface area contributed by atoms with Gasteiger partial charge in [0.1, 0.15) is 0 Å². The average Bonchev–Trinajstić information content (AvgIpc) is 0. The SMILES string of the molecule is [BaH2].[CaH2].[CaH2].[SiH4]. The van der Waals surface area contributed by atoms with Gasteiger partial charge in [-0.05, 0) is 11.0 Å². The third kappa shape index (κ3) is 9.58. The van der Waals surface area contributed by atoms with Crippen LogP contribution in [0.5, 0.6) is 0 Å². The predicted molar refractivity (Wildman–Crippen MR) is 37.0 cm³/mol. The van der Waals surface area contributed by atoms with Crippen molar-refractivity contribution in [3.05, 3.63) is 0 Å². The van der Waals surface area contributed by atoms with E-state index in [0.29, 0.717) is 0 Å². The Balaban J connectivity index is 0. The quantitative estimate of drug-likeness (QED) is 0.385. The van der Waals surface area contributed by atoms with E-state index in [0.717, 1.165) is 0 Å². The Hall–Kier alpha value is 4.31. The van der Waals surface area contributed by atoms with Gasteiger partial charge in [0.15, 0.2) is 0 Å². The maximum atomic E-state index is 0. The minimum Gasteiger partial charge on any atom is -0.0149 e. The molecular formula is H10BaCa2Si. The molecule has 20 valence electrons. The van der Waals surface area contributed by atoms with Crippen LogP contribution in [0.25, 0.3) is 0 Å². The molecule has 0 nitrogen and oxygen atoms in total. The van der Waals surface area contributed by atoms with Crippen molar-refractivity contribution in [3.63, 3.8) is 0 Å². The summed E-state index contributed by atoms with van der Waals surface area (Å²) in [5.41, 5.74) is 0. The van der Waals surface area contributed by atoms with Crippen molar-refractivity contribution < 1.29 is 0 Å². The summed E-state index contributed by atoms with van der Waals surface area (Å²) in [5.74, 6) is 0. The summed E-state index contributed by atoms with van der Waals surface area (Å²) in [7, 11) is 0. The molecule has 0 bridgehead atoms. The van der Waals surface area contributed by atoms with Crippen molar-refractivity contribution >= 4 is 135 Å². The summed E-state index contributed by atoms with van der Waals surface area (Å²) in [6.07, 6.45) is 0. The summed E-state index contributed by atoms with van der Waals surface area (Å²) in [5, 5.41) is 0. The first-order chi connectivity index (χ1) is 0. The van der Waals surface area contributed by atoms with Crippen molar-refractivity contribution in [1.29, 1.82) is 0 Å². The van der Waals surface area contributed by atoms with Crippen LogP contribution in [0.1, 0.15) is 0 Å². The number of hydrogen-bond donors (Lipinski definition) is 0. The molecule has 0 aliphatic rings. The zero-order valence-electron chi connectivity index (χ0n) is 0. The monoisotopic (exact) mass is 256 g/mol. The van der Waals surface area contributed by atoms with E-state index in [4.69, 9.17) is 0 Å². The summed E-state index contributed by atoms with van der Waals surface area (Å²) in [4.78, 5) is 0. The Kier molecular flexibility index (Phi) is 93.7. The molecular weight excluding hydrogens is 246 g/mol. The molecule has 0 radical (unpaired) electrons. The molecule has 4 heavy (non-hydrogen) atoms. The first-order valence-corrected chi connectivity index (χ1v) is 0. The van der Waals surface area contributed by atoms with Crippen LogP contribution >= 0.6 is 0 Å². The Morgan fingerprint density at radius 2 is 0.750 bits per heavy atom. The van der Waals surface area contributed by atoms with Gasteiger partial charge in [0.25, 0.3) is 0 Å². The first-order valence-electron chi connectivity index (χ1n) is 0. The Labute approximate surface area is 131 Å². The second-order valence-electron chi connectivity index (χ2n) is 0. The molecule has 0 aliphatic carbocycles. The number of hydrogen-bond acceptors (Lipinski definition) is 0. The van der Waals surface area contributed by atoms with Crippen LogP contribution in [-0.4, -0.2) is 135 Å². The van der Waals surface area contributed by atoms with Gasteiger partial charge < -0.3 is 0 Å². The summed E-state index contributed by atoms with van der Waals surface area (Å²) < 4.78 is 0. The van der Waals surface area contributed by atoms with Crippen LogP contribution in [0.2, 0.25) is 0 Å². The summed E-state index contributed by atoms with van der Waals surface area (Å²) >= 11 is 0. The second kappa shape index (κ2) is 15.7. The normalized spacial score (nSPS) is 0. The molecule has 0 fully saturated rings. The second-order valence-corrected chi connectivity index (χ2v) is 0. The standard InChI is InChI=1S/Ba.2Ca.H4Si.6H/h;;;1H4;;;;;;. The topological polar surface area (TPSA) is 0 Å². The molecule has 0 N–H and O–H groups in total. The molecule has 0 unspecified atom stereocenters. The Morgan fingerprint density at radius 3 is 0.750 bits per heavy atom. The van der Waals surface area contributed by atoms with Crippen molar-refractivity contribution in [3.8, 4) is 0 Å². The fourth-order valence-electron chi connectivity index (χ4n) is 0. The van der Waals surface area contributed by atoms with Crippen LogP contribution in [0.15, 0.2) is 0 Å². The van der Waals surface area contributed by atoms with Gasteiger partial charge in [-0.2, -0.15) is 0 Å². The van der Waals surface area contributed by atoms with Gasteiger partial charge in [0, 0.05) is 0 Å². The van der Waals surface area contributed by atoms with Crippen LogP contribution in [0.3, 0.4) is 0 Å². The van der Waals surface area contributed by atoms with E-state index >= 15 is 0 Å². The third-order valence-electron chi connectivity index (χ3n) is 0.